The molecule has 4 nitrogen and oxygen atoms in total. The van der Waals surface area contributed by atoms with Crippen LogP contribution in [0.5, 0.6) is 5.75 Å². The van der Waals surface area contributed by atoms with Crippen LogP contribution in [-0.4, -0.2) is 48.4 Å². The van der Waals surface area contributed by atoms with Gasteiger partial charge in [-0.2, -0.15) is 0 Å². The SMILES string of the molecule is CC(C)N(CCC(c1ccccc1)c1cc(CCCCOCCCCCCN)ccc1O)C(C)C. The Morgan fingerprint density at radius 2 is 1.49 bits per heavy atom. The number of aryl methyl sites for hydroxylation is 1. The summed E-state index contributed by atoms with van der Waals surface area (Å²) in [6, 6.07) is 17.9. The number of ether oxygens (including phenoxy) is 1. The number of rotatable bonds is 18. The minimum absolute atomic E-state index is 0.179. The molecule has 35 heavy (non-hydrogen) atoms. The predicted octanol–water partition coefficient (Wildman–Crippen LogP) is 6.89. The minimum Gasteiger partial charge on any atom is -0.508 e. The largest absolute Gasteiger partial charge is 0.508 e. The normalized spacial score (nSPS) is 12.7. The van der Waals surface area contributed by atoms with Crippen LogP contribution in [-0.2, 0) is 11.2 Å². The molecule has 1 unspecified atom stereocenters. The third-order valence-electron chi connectivity index (χ3n) is 6.92. The Morgan fingerprint density at radius 3 is 2.14 bits per heavy atom. The van der Waals surface area contributed by atoms with Crippen LogP contribution in [0.3, 0.4) is 0 Å². The Hall–Kier alpha value is -1.88. The van der Waals surface area contributed by atoms with Gasteiger partial charge in [-0.1, -0.05) is 55.3 Å². The molecule has 0 aliphatic rings. The Morgan fingerprint density at radius 1 is 0.829 bits per heavy atom. The van der Waals surface area contributed by atoms with Gasteiger partial charge in [0.1, 0.15) is 5.75 Å². The van der Waals surface area contributed by atoms with Crippen LogP contribution in [0.1, 0.15) is 95.2 Å². The summed E-state index contributed by atoms with van der Waals surface area (Å²) in [6.45, 7) is 12.5. The number of nitrogens with two attached hydrogens (primary N) is 1. The number of unbranched alkanes of at least 4 members (excludes halogenated alkanes) is 4. The van der Waals surface area contributed by atoms with Crippen molar-refractivity contribution in [3.05, 3.63) is 65.2 Å². The lowest BCUT2D eigenvalue weighted by molar-refractivity contribution is 0.126. The first kappa shape index (κ1) is 29.4. The van der Waals surface area contributed by atoms with Gasteiger partial charge < -0.3 is 15.6 Å². The van der Waals surface area contributed by atoms with Gasteiger partial charge >= 0.3 is 0 Å². The van der Waals surface area contributed by atoms with E-state index in [0.717, 1.165) is 70.4 Å². The van der Waals surface area contributed by atoms with Crippen LogP contribution in [0.15, 0.2) is 48.5 Å². The van der Waals surface area contributed by atoms with Crippen LogP contribution in [0.4, 0.5) is 0 Å². The topological polar surface area (TPSA) is 58.7 Å². The van der Waals surface area contributed by atoms with Gasteiger partial charge in [0.2, 0.25) is 0 Å². The van der Waals surface area contributed by atoms with E-state index in [-0.39, 0.29) is 5.92 Å². The van der Waals surface area contributed by atoms with E-state index in [4.69, 9.17) is 10.5 Å². The molecule has 2 aromatic carbocycles. The third kappa shape index (κ3) is 10.7. The van der Waals surface area contributed by atoms with Crippen molar-refractivity contribution in [2.45, 2.75) is 97.1 Å². The number of phenols is 1. The molecule has 0 fully saturated rings. The highest BCUT2D eigenvalue weighted by molar-refractivity contribution is 5.43. The molecular formula is C31H50N2O2. The zero-order chi connectivity index (χ0) is 25.5. The summed E-state index contributed by atoms with van der Waals surface area (Å²) >= 11 is 0. The third-order valence-corrected chi connectivity index (χ3v) is 6.92. The lowest BCUT2D eigenvalue weighted by atomic mass is 9.86. The van der Waals surface area contributed by atoms with E-state index in [2.05, 4.69) is 75.1 Å². The second-order valence-corrected chi connectivity index (χ2v) is 10.3. The summed E-state index contributed by atoms with van der Waals surface area (Å²) in [5.74, 6) is 0.583. The molecule has 0 radical (unpaired) electrons. The van der Waals surface area contributed by atoms with E-state index in [1.807, 2.05) is 6.07 Å². The smallest absolute Gasteiger partial charge is 0.119 e. The van der Waals surface area contributed by atoms with Crippen LogP contribution >= 0.6 is 0 Å². The van der Waals surface area contributed by atoms with Gasteiger partial charge in [-0.25, -0.2) is 0 Å². The first-order valence-electron chi connectivity index (χ1n) is 13.8. The number of benzene rings is 2. The molecule has 2 aromatic rings. The maximum absolute atomic E-state index is 10.9. The van der Waals surface area contributed by atoms with E-state index in [1.165, 1.54) is 24.0 Å². The van der Waals surface area contributed by atoms with Crippen LogP contribution in [0, 0.1) is 0 Å². The fourth-order valence-corrected chi connectivity index (χ4v) is 4.95. The number of aromatic hydroxyl groups is 1. The lowest BCUT2D eigenvalue weighted by Crippen LogP contribution is -2.38. The Balaban J connectivity index is 1.97. The molecule has 4 heteroatoms. The highest BCUT2D eigenvalue weighted by atomic mass is 16.5. The van der Waals surface area contributed by atoms with Crippen LogP contribution in [0.2, 0.25) is 0 Å². The van der Waals surface area contributed by atoms with Gasteiger partial charge in [0.05, 0.1) is 0 Å². The van der Waals surface area contributed by atoms with Crippen molar-refractivity contribution in [1.29, 1.82) is 0 Å². The summed E-state index contributed by atoms with van der Waals surface area (Å²) < 4.78 is 5.81. The average molecular weight is 483 g/mol. The molecule has 0 spiro atoms. The van der Waals surface area contributed by atoms with Crippen molar-refractivity contribution in [3.8, 4) is 5.75 Å². The molecule has 0 heterocycles. The Kier molecular flexibility index (Phi) is 14.0. The first-order chi connectivity index (χ1) is 16.9. The van der Waals surface area contributed by atoms with Crippen molar-refractivity contribution < 1.29 is 9.84 Å². The summed E-state index contributed by atoms with van der Waals surface area (Å²) in [7, 11) is 0. The van der Waals surface area contributed by atoms with Gasteiger partial charge in [0, 0.05) is 36.8 Å². The summed E-state index contributed by atoms with van der Waals surface area (Å²) in [6.07, 6.45) is 8.83. The number of nitrogens with zero attached hydrogens (tertiary/aromatic N) is 1. The quantitative estimate of drug-likeness (QED) is 0.227. The average Bonchev–Trinajstić information content (AvgIpc) is 2.84. The van der Waals surface area contributed by atoms with Gasteiger partial charge in [0.15, 0.2) is 0 Å². The van der Waals surface area contributed by atoms with Crippen molar-refractivity contribution in [1.82, 2.24) is 4.90 Å². The molecule has 0 aromatic heterocycles. The molecule has 0 aliphatic heterocycles. The van der Waals surface area contributed by atoms with E-state index in [0.29, 0.717) is 17.8 Å². The molecule has 0 bridgehead atoms. The lowest BCUT2D eigenvalue weighted by Gasteiger charge is -2.32. The molecule has 0 amide bonds. The van der Waals surface area contributed by atoms with Crippen molar-refractivity contribution in [2.24, 2.45) is 5.73 Å². The molecule has 2 rings (SSSR count). The molecule has 0 saturated carbocycles. The van der Waals surface area contributed by atoms with E-state index >= 15 is 0 Å². The van der Waals surface area contributed by atoms with Crippen molar-refractivity contribution in [2.75, 3.05) is 26.3 Å². The van der Waals surface area contributed by atoms with Crippen molar-refractivity contribution in [3.63, 3.8) is 0 Å². The molecular weight excluding hydrogens is 432 g/mol. The van der Waals surface area contributed by atoms with Crippen LogP contribution < -0.4 is 5.73 Å². The first-order valence-corrected chi connectivity index (χ1v) is 13.8. The second kappa shape index (κ2) is 16.7. The predicted molar refractivity (Wildman–Crippen MR) is 149 cm³/mol. The zero-order valence-electron chi connectivity index (χ0n) is 22.7. The van der Waals surface area contributed by atoms with Gasteiger partial charge in [-0.15, -0.1) is 0 Å². The molecule has 196 valence electrons. The number of phenolic OH excluding ortho intramolecular Hbond substituents is 1. The Bertz CT molecular complexity index is 799. The summed E-state index contributed by atoms with van der Waals surface area (Å²) in [5, 5.41) is 10.9. The second-order valence-electron chi connectivity index (χ2n) is 10.3. The number of hydrogen-bond acceptors (Lipinski definition) is 4. The standard InChI is InChI=1S/C31H50N2O2/c1-25(2)33(26(3)4)21-19-29(28-15-8-7-9-16-28)30-24-27(17-18-31(30)34)14-10-13-23-35-22-12-6-5-11-20-32/h7-9,15-18,24-26,29,34H,5-6,10-14,19-23,32H2,1-4H3. The Labute approximate surface area is 214 Å². The van der Waals surface area contributed by atoms with E-state index < -0.39 is 0 Å². The summed E-state index contributed by atoms with van der Waals surface area (Å²) in [5.41, 5.74) is 9.15. The monoisotopic (exact) mass is 482 g/mol. The van der Waals surface area contributed by atoms with Crippen molar-refractivity contribution >= 4 is 0 Å². The number of hydrogen-bond donors (Lipinski definition) is 2. The molecule has 0 saturated heterocycles. The van der Waals surface area contributed by atoms with Gasteiger partial charge in [-0.3, -0.25) is 4.90 Å². The highest BCUT2D eigenvalue weighted by Crippen LogP contribution is 2.35. The highest BCUT2D eigenvalue weighted by Gasteiger charge is 2.21. The van der Waals surface area contributed by atoms with E-state index in [1.54, 1.807) is 0 Å². The van der Waals surface area contributed by atoms with Gasteiger partial charge in [0.25, 0.3) is 0 Å². The molecule has 1 atom stereocenters. The minimum atomic E-state index is 0.179. The fraction of sp³-hybridized carbons (Fsp3) is 0.613. The molecule has 0 aliphatic carbocycles. The fourth-order valence-electron chi connectivity index (χ4n) is 4.95. The van der Waals surface area contributed by atoms with Crippen LogP contribution in [0.25, 0.3) is 0 Å². The van der Waals surface area contributed by atoms with E-state index in [9.17, 15) is 5.11 Å². The maximum Gasteiger partial charge on any atom is 0.119 e. The summed E-state index contributed by atoms with van der Waals surface area (Å²) in [4.78, 5) is 2.54. The maximum atomic E-state index is 10.9. The molecule has 3 N–H and O–H groups in total. The van der Waals surface area contributed by atoms with Gasteiger partial charge in [-0.05, 0) is 96.5 Å². The zero-order valence-corrected chi connectivity index (χ0v) is 22.7.